The number of hydrogen-bond acceptors (Lipinski definition) is 6. The number of methoxy groups -OCH3 is 1. The second-order valence-corrected chi connectivity index (χ2v) is 9.71. The number of hydrogen-bond donors (Lipinski definition) is 3. The predicted octanol–water partition coefficient (Wildman–Crippen LogP) is 7.10. The van der Waals surface area contributed by atoms with Crippen LogP contribution < -0.4 is 20.7 Å². The first kappa shape index (κ1) is 26.4. The van der Waals surface area contributed by atoms with E-state index >= 15 is 0 Å². The summed E-state index contributed by atoms with van der Waals surface area (Å²) in [5.41, 5.74) is 1.79. The lowest BCUT2D eigenvalue weighted by atomic mass is 10.2. The summed E-state index contributed by atoms with van der Waals surface area (Å²) in [7, 11) is 1.49. The summed E-state index contributed by atoms with van der Waals surface area (Å²) in [6.07, 6.45) is 2.81. The molecule has 2 aromatic carbocycles. The first-order valence-electron chi connectivity index (χ1n) is 10.7. The van der Waals surface area contributed by atoms with Crippen LogP contribution in [0.4, 0.5) is 11.4 Å². The summed E-state index contributed by atoms with van der Waals surface area (Å²) in [6.45, 7) is 0. The zero-order valence-corrected chi connectivity index (χ0v) is 22.4. The normalized spacial score (nSPS) is 10.8. The van der Waals surface area contributed by atoms with Crippen LogP contribution in [0.1, 0.15) is 15.4 Å². The van der Waals surface area contributed by atoms with Crippen molar-refractivity contribution in [1.82, 2.24) is 5.32 Å². The van der Waals surface area contributed by atoms with E-state index in [9.17, 15) is 9.59 Å². The molecule has 0 spiro atoms. The van der Waals surface area contributed by atoms with Gasteiger partial charge in [0.25, 0.3) is 5.91 Å². The van der Waals surface area contributed by atoms with Crippen LogP contribution in [0.2, 0.25) is 10.0 Å². The standard InChI is InChI=1S/C26H19Cl2N3O4S2/c1-34-22-14-18(4-7-20(22)30-25(33)23-3-2-10-37-23)29-26(36)31-24(32)9-6-19-5-8-21(35-19)15-11-16(27)13-17(28)12-15/h2-14H,1H3,(H,30,33)(H2,29,31,32,36)/b9-6+. The van der Waals surface area contributed by atoms with E-state index in [1.807, 2.05) is 5.38 Å². The average Bonchev–Trinajstić information content (AvgIpc) is 3.56. The maximum absolute atomic E-state index is 12.3. The zero-order chi connectivity index (χ0) is 26.4. The Kier molecular flexibility index (Phi) is 8.62. The molecule has 2 aromatic heterocycles. The van der Waals surface area contributed by atoms with Gasteiger partial charge in [-0.2, -0.15) is 0 Å². The zero-order valence-electron chi connectivity index (χ0n) is 19.2. The van der Waals surface area contributed by atoms with Crippen LogP contribution in [0.25, 0.3) is 17.4 Å². The van der Waals surface area contributed by atoms with E-state index in [4.69, 9.17) is 44.6 Å². The topological polar surface area (TPSA) is 92.6 Å². The molecule has 0 fully saturated rings. The summed E-state index contributed by atoms with van der Waals surface area (Å²) in [5, 5.41) is 11.2. The molecule has 37 heavy (non-hydrogen) atoms. The molecule has 0 saturated heterocycles. The summed E-state index contributed by atoms with van der Waals surface area (Å²) >= 11 is 18.7. The fourth-order valence-corrected chi connectivity index (χ4v) is 4.59. The molecule has 0 bridgehead atoms. The predicted molar refractivity (Wildman–Crippen MR) is 153 cm³/mol. The molecule has 7 nitrogen and oxygen atoms in total. The molecule has 2 heterocycles. The number of thiocarbonyl (C=S) groups is 1. The number of anilines is 2. The molecule has 0 radical (unpaired) electrons. The third-order valence-corrected chi connectivity index (χ3v) is 6.37. The minimum Gasteiger partial charge on any atom is -0.494 e. The Morgan fingerprint density at radius 2 is 1.81 bits per heavy atom. The molecule has 4 rings (SSSR count). The highest BCUT2D eigenvalue weighted by atomic mass is 35.5. The van der Waals surface area contributed by atoms with E-state index < -0.39 is 5.91 Å². The van der Waals surface area contributed by atoms with Gasteiger partial charge < -0.3 is 19.8 Å². The molecule has 0 saturated carbocycles. The summed E-state index contributed by atoms with van der Waals surface area (Å²) in [4.78, 5) is 25.2. The van der Waals surface area contributed by atoms with Gasteiger partial charge in [-0.1, -0.05) is 29.3 Å². The van der Waals surface area contributed by atoms with Gasteiger partial charge in [0.15, 0.2) is 5.11 Å². The number of carbonyl (C=O) groups excluding carboxylic acids is 2. The molecule has 0 aliphatic carbocycles. The number of furan rings is 1. The van der Waals surface area contributed by atoms with Crippen molar-refractivity contribution in [3.05, 3.63) is 92.8 Å². The van der Waals surface area contributed by atoms with E-state index in [0.29, 0.717) is 43.6 Å². The van der Waals surface area contributed by atoms with Gasteiger partial charge >= 0.3 is 0 Å². The molecular weight excluding hydrogens is 553 g/mol. The minimum absolute atomic E-state index is 0.0841. The van der Waals surface area contributed by atoms with Crippen molar-refractivity contribution in [1.29, 1.82) is 0 Å². The maximum Gasteiger partial charge on any atom is 0.265 e. The monoisotopic (exact) mass is 571 g/mol. The van der Waals surface area contributed by atoms with E-state index in [-0.39, 0.29) is 11.0 Å². The van der Waals surface area contributed by atoms with E-state index in [1.54, 1.807) is 60.7 Å². The second kappa shape index (κ2) is 12.1. The molecule has 0 aliphatic rings. The maximum atomic E-state index is 12.3. The molecule has 0 unspecified atom stereocenters. The minimum atomic E-state index is -0.451. The SMILES string of the molecule is COc1cc(NC(=S)NC(=O)/C=C/c2ccc(-c3cc(Cl)cc(Cl)c3)o2)ccc1NC(=O)c1cccs1. The number of benzene rings is 2. The van der Waals surface area contributed by atoms with Crippen LogP contribution in [-0.2, 0) is 4.79 Å². The van der Waals surface area contributed by atoms with Crippen LogP contribution in [-0.4, -0.2) is 24.0 Å². The largest absolute Gasteiger partial charge is 0.494 e. The van der Waals surface area contributed by atoms with E-state index in [0.717, 1.165) is 5.56 Å². The fourth-order valence-electron chi connectivity index (χ4n) is 3.23. The van der Waals surface area contributed by atoms with Crippen LogP contribution in [0, 0.1) is 0 Å². The van der Waals surface area contributed by atoms with Crippen molar-refractivity contribution < 1.29 is 18.7 Å². The first-order valence-corrected chi connectivity index (χ1v) is 12.7. The number of nitrogens with one attached hydrogen (secondary N) is 3. The third-order valence-electron chi connectivity index (χ3n) is 4.86. The van der Waals surface area contributed by atoms with Crippen molar-refractivity contribution in [3.8, 4) is 17.1 Å². The van der Waals surface area contributed by atoms with Crippen LogP contribution in [0.5, 0.6) is 5.75 Å². The summed E-state index contributed by atoms with van der Waals surface area (Å²) < 4.78 is 11.1. The molecule has 0 atom stereocenters. The van der Waals surface area contributed by atoms with Gasteiger partial charge in [0.2, 0.25) is 5.91 Å². The van der Waals surface area contributed by atoms with Crippen LogP contribution >= 0.6 is 46.8 Å². The van der Waals surface area contributed by atoms with Crippen molar-refractivity contribution in [2.45, 2.75) is 0 Å². The Labute approximate surface area is 232 Å². The Morgan fingerprint density at radius 3 is 2.51 bits per heavy atom. The van der Waals surface area contributed by atoms with Crippen LogP contribution in [0.15, 0.2) is 76.5 Å². The number of carbonyl (C=O) groups is 2. The summed E-state index contributed by atoms with van der Waals surface area (Å²) in [5.74, 6) is 0.769. The first-order chi connectivity index (χ1) is 17.8. The molecule has 11 heteroatoms. The average molecular weight is 572 g/mol. The van der Waals surface area contributed by atoms with Gasteiger partial charge in [0, 0.05) is 33.4 Å². The third kappa shape index (κ3) is 7.21. The van der Waals surface area contributed by atoms with Gasteiger partial charge in [0.1, 0.15) is 17.3 Å². The quantitative estimate of drug-likeness (QED) is 0.162. The number of halogens is 2. The lowest BCUT2D eigenvalue weighted by Gasteiger charge is -2.13. The highest BCUT2D eigenvalue weighted by molar-refractivity contribution is 7.80. The van der Waals surface area contributed by atoms with Gasteiger partial charge in [-0.25, -0.2) is 0 Å². The lowest BCUT2D eigenvalue weighted by molar-refractivity contribution is -0.115. The Morgan fingerprint density at radius 1 is 1.03 bits per heavy atom. The van der Waals surface area contributed by atoms with Gasteiger partial charge in [-0.3, -0.25) is 14.9 Å². The van der Waals surface area contributed by atoms with Gasteiger partial charge in [-0.05, 0) is 72.2 Å². The molecule has 3 N–H and O–H groups in total. The van der Waals surface area contributed by atoms with Crippen molar-refractivity contribution in [2.75, 3.05) is 17.7 Å². The van der Waals surface area contributed by atoms with Gasteiger partial charge in [-0.15, -0.1) is 11.3 Å². The van der Waals surface area contributed by atoms with Gasteiger partial charge in [0.05, 0.1) is 17.7 Å². The Balaban J connectivity index is 1.33. The van der Waals surface area contributed by atoms with E-state index in [2.05, 4.69) is 16.0 Å². The molecule has 4 aromatic rings. The molecule has 2 amide bonds. The number of ether oxygens (including phenoxy) is 1. The Hall–Kier alpha value is -3.63. The number of amides is 2. The molecule has 0 aliphatic heterocycles. The highest BCUT2D eigenvalue weighted by Gasteiger charge is 2.12. The number of thiophene rings is 1. The molecule has 188 valence electrons. The highest BCUT2D eigenvalue weighted by Crippen LogP contribution is 2.30. The fraction of sp³-hybridized carbons (Fsp3) is 0.0385. The smallest absolute Gasteiger partial charge is 0.265 e. The van der Waals surface area contributed by atoms with Crippen molar-refractivity contribution >= 4 is 81.1 Å². The van der Waals surface area contributed by atoms with Crippen molar-refractivity contribution in [3.63, 3.8) is 0 Å². The second-order valence-electron chi connectivity index (χ2n) is 7.48. The Bertz CT molecular complexity index is 1460. The molecular formula is C26H19Cl2N3O4S2. The number of rotatable bonds is 7. The summed E-state index contributed by atoms with van der Waals surface area (Å²) in [6, 6.07) is 17.1. The van der Waals surface area contributed by atoms with Crippen LogP contribution in [0.3, 0.4) is 0 Å². The van der Waals surface area contributed by atoms with E-state index in [1.165, 1.54) is 30.6 Å². The van der Waals surface area contributed by atoms with Crippen molar-refractivity contribution in [2.24, 2.45) is 0 Å². The lowest BCUT2D eigenvalue weighted by Crippen LogP contribution is -2.32.